The Morgan fingerprint density at radius 1 is 1.11 bits per heavy atom. The number of nitrogens with one attached hydrogen (secondary N) is 1. The first kappa shape index (κ1) is 25.5. The van der Waals surface area contributed by atoms with Crippen molar-refractivity contribution in [2.75, 3.05) is 12.4 Å². The number of nitrogens with zero attached hydrogens (tertiary/aromatic N) is 1. The molecule has 196 valence electrons. The Balaban J connectivity index is 1.68. The Labute approximate surface area is 218 Å². The summed E-state index contributed by atoms with van der Waals surface area (Å²) in [5.41, 5.74) is 6.06. The molecule has 38 heavy (non-hydrogen) atoms. The average Bonchev–Trinajstić information content (AvgIpc) is 3.25. The molecule has 0 saturated heterocycles. The predicted octanol–water partition coefficient (Wildman–Crippen LogP) is 5.98. The molecule has 3 N–H and O–H groups in total. The number of carbonyl (C=O) groups is 2. The summed E-state index contributed by atoms with van der Waals surface area (Å²) in [6, 6.07) is 10.9. The third-order valence-corrected chi connectivity index (χ3v) is 7.44. The molecule has 0 atom stereocenters. The molecular weight excluding hydrogens is 519 g/mol. The van der Waals surface area contributed by atoms with Crippen LogP contribution in [0.5, 0.6) is 5.75 Å². The van der Waals surface area contributed by atoms with E-state index in [0.717, 1.165) is 41.8 Å². The third-order valence-electron chi connectivity index (χ3n) is 6.25. The topological polar surface area (TPSA) is 107 Å². The minimum atomic E-state index is -4.57. The summed E-state index contributed by atoms with van der Waals surface area (Å²) < 4.78 is 51.0. The average molecular weight is 542 g/mol. The molecule has 2 aromatic heterocycles. The van der Waals surface area contributed by atoms with E-state index in [1.807, 2.05) is 0 Å². The molecule has 0 spiro atoms. The van der Waals surface area contributed by atoms with Crippen LogP contribution in [-0.4, -0.2) is 18.9 Å². The minimum Gasteiger partial charge on any atom is -0.493 e. The number of primary amides is 1. The van der Waals surface area contributed by atoms with Crippen molar-refractivity contribution in [2.24, 2.45) is 10.7 Å². The van der Waals surface area contributed by atoms with E-state index >= 15 is 0 Å². The lowest BCUT2D eigenvalue weighted by atomic mass is 9.95. The number of rotatable bonds is 5. The van der Waals surface area contributed by atoms with Crippen LogP contribution in [0.4, 0.5) is 23.9 Å². The second-order valence-electron chi connectivity index (χ2n) is 8.74. The van der Waals surface area contributed by atoms with Crippen molar-refractivity contribution in [1.29, 1.82) is 0 Å². The second-order valence-corrected chi connectivity index (χ2v) is 9.83. The number of alkyl halides is 3. The number of para-hydroxylation sites is 1. The largest absolute Gasteiger partial charge is 0.493 e. The molecule has 2 amide bonds. The Morgan fingerprint density at radius 2 is 1.87 bits per heavy atom. The third kappa shape index (κ3) is 4.89. The Hall–Kier alpha value is -4.12. The van der Waals surface area contributed by atoms with E-state index in [-0.39, 0.29) is 16.8 Å². The minimum absolute atomic E-state index is 0.0371. The normalized spacial score (nSPS) is 13.8. The molecule has 2 heterocycles. The molecule has 0 aliphatic heterocycles. The summed E-state index contributed by atoms with van der Waals surface area (Å²) in [4.78, 5) is 31.3. The first-order chi connectivity index (χ1) is 18.2. The Kier molecular flexibility index (Phi) is 6.70. The van der Waals surface area contributed by atoms with E-state index in [2.05, 4.69) is 10.3 Å². The van der Waals surface area contributed by atoms with Gasteiger partial charge < -0.3 is 20.2 Å². The number of amides is 2. The van der Waals surface area contributed by atoms with Gasteiger partial charge in [0.1, 0.15) is 10.6 Å². The van der Waals surface area contributed by atoms with Crippen molar-refractivity contribution in [3.8, 4) is 5.75 Å². The van der Waals surface area contributed by atoms with Crippen LogP contribution in [0.25, 0.3) is 11.0 Å². The lowest BCUT2D eigenvalue weighted by molar-refractivity contribution is -0.137. The summed E-state index contributed by atoms with van der Waals surface area (Å²) in [5, 5.41) is 3.33. The highest BCUT2D eigenvalue weighted by atomic mass is 32.1. The van der Waals surface area contributed by atoms with E-state index in [1.54, 1.807) is 18.2 Å². The number of anilines is 1. The van der Waals surface area contributed by atoms with Crippen LogP contribution >= 0.6 is 11.3 Å². The van der Waals surface area contributed by atoms with Crippen molar-refractivity contribution in [3.05, 3.63) is 81.2 Å². The van der Waals surface area contributed by atoms with Crippen LogP contribution in [0.3, 0.4) is 0 Å². The van der Waals surface area contributed by atoms with Gasteiger partial charge in [-0.15, -0.1) is 11.3 Å². The van der Waals surface area contributed by atoms with E-state index < -0.39 is 23.6 Å². The fourth-order valence-electron chi connectivity index (χ4n) is 4.48. The summed E-state index contributed by atoms with van der Waals surface area (Å²) in [6.45, 7) is 0. The number of benzene rings is 2. The summed E-state index contributed by atoms with van der Waals surface area (Å²) in [7, 11) is 1.47. The monoisotopic (exact) mass is 541 g/mol. The lowest BCUT2D eigenvalue weighted by Gasteiger charge is -2.11. The molecule has 0 unspecified atom stereocenters. The van der Waals surface area contributed by atoms with Gasteiger partial charge in [-0.3, -0.25) is 9.59 Å². The number of thiophene rings is 1. The summed E-state index contributed by atoms with van der Waals surface area (Å²) in [6.07, 6.45) is -1.18. The van der Waals surface area contributed by atoms with Gasteiger partial charge in [-0.25, -0.2) is 4.99 Å². The van der Waals surface area contributed by atoms with Gasteiger partial charge in [-0.2, -0.15) is 13.2 Å². The number of fused-ring (bicyclic) bond motifs is 2. The van der Waals surface area contributed by atoms with Crippen LogP contribution in [0.15, 0.2) is 57.9 Å². The molecule has 5 rings (SSSR count). The zero-order valence-electron chi connectivity index (χ0n) is 20.1. The van der Waals surface area contributed by atoms with Gasteiger partial charge in [0.2, 0.25) is 5.55 Å². The Morgan fingerprint density at radius 3 is 2.61 bits per heavy atom. The van der Waals surface area contributed by atoms with E-state index in [1.165, 1.54) is 36.6 Å². The standard InChI is InChI=1S/C27H22F3N3O4S/c1-36-19-10-4-6-14-12-18(24(35)32-16-8-5-7-15(13-16)27(28,29)30)25(37-22(14)19)33-26-21(23(31)34)17-9-2-3-11-20(17)38-26/h4-8,10,12-13H,2-3,9,11H2,1H3,(H2,31,34)(H,32,35). The summed E-state index contributed by atoms with van der Waals surface area (Å²) in [5.74, 6) is -0.973. The highest BCUT2D eigenvalue weighted by Crippen LogP contribution is 2.39. The predicted molar refractivity (Wildman–Crippen MR) is 137 cm³/mol. The van der Waals surface area contributed by atoms with Gasteiger partial charge in [-0.1, -0.05) is 18.2 Å². The number of hydrogen-bond acceptors (Lipinski definition) is 6. The smallest absolute Gasteiger partial charge is 0.416 e. The van der Waals surface area contributed by atoms with Crippen LogP contribution < -0.4 is 21.3 Å². The molecule has 0 bridgehead atoms. The van der Waals surface area contributed by atoms with Crippen LogP contribution in [0.1, 0.15) is 49.6 Å². The van der Waals surface area contributed by atoms with Crippen molar-refractivity contribution in [3.63, 3.8) is 0 Å². The van der Waals surface area contributed by atoms with Crippen LogP contribution in [0.2, 0.25) is 0 Å². The molecular formula is C27H22F3N3O4S. The first-order valence-corrected chi connectivity index (χ1v) is 12.6. The fourth-order valence-corrected chi connectivity index (χ4v) is 5.74. The number of nitrogens with two attached hydrogens (primary N) is 1. The van der Waals surface area contributed by atoms with E-state index in [4.69, 9.17) is 14.9 Å². The molecule has 7 nitrogen and oxygen atoms in total. The molecule has 0 saturated carbocycles. The van der Waals surface area contributed by atoms with Gasteiger partial charge in [-0.05, 0) is 61.6 Å². The van der Waals surface area contributed by atoms with Gasteiger partial charge >= 0.3 is 6.18 Å². The number of carbonyl (C=O) groups excluding carboxylic acids is 2. The number of hydrogen-bond donors (Lipinski definition) is 2. The van der Waals surface area contributed by atoms with E-state index in [0.29, 0.717) is 33.7 Å². The Bertz CT molecular complexity index is 1640. The molecule has 1 aliphatic rings. The molecule has 4 aromatic rings. The second kappa shape index (κ2) is 9.97. The van der Waals surface area contributed by atoms with Gasteiger partial charge in [0.15, 0.2) is 11.3 Å². The van der Waals surface area contributed by atoms with Gasteiger partial charge in [0.05, 0.1) is 18.2 Å². The highest BCUT2D eigenvalue weighted by molar-refractivity contribution is 7.16. The molecule has 0 radical (unpaired) electrons. The van der Waals surface area contributed by atoms with Gasteiger partial charge in [0.25, 0.3) is 11.8 Å². The van der Waals surface area contributed by atoms with Crippen molar-refractivity contribution < 1.29 is 31.9 Å². The SMILES string of the molecule is COc1cccc2cc(C(=O)Nc3cccc(C(F)(F)F)c3)c(=Nc3sc4c(c3C(N)=O)CCCC4)oc12. The van der Waals surface area contributed by atoms with Crippen LogP contribution in [-0.2, 0) is 19.0 Å². The summed E-state index contributed by atoms with van der Waals surface area (Å²) >= 11 is 1.31. The van der Waals surface area contributed by atoms with Crippen molar-refractivity contribution in [1.82, 2.24) is 0 Å². The maximum absolute atomic E-state index is 13.4. The maximum Gasteiger partial charge on any atom is 0.416 e. The number of halogens is 3. The van der Waals surface area contributed by atoms with Crippen LogP contribution in [0, 0.1) is 0 Å². The number of aryl methyl sites for hydroxylation is 1. The van der Waals surface area contributed by atoms with Crippen molar-refractivity contribution in [2.45, 2.75) is 31.9 Å². The molecule has 2 aromatic carbocycles. The van der Waals surface area contributed by atoms with Crippen molar-refractivity contribution >= 4 is 44.8 Å². The number of methoxy groups -OCH3 is 1. The fraction of sp³-hybridized carbons (Fsp3) is 0.222. The molecule has 1 aliphatic carbocycles. The first-order valence-electron chi connectivity index (χ1n) is 11.7. The number of ether oxygens (including phenoxy) is 1. The van der Waals surface area contributed by atoms with E-state index in [9.17, 15) is 22.8 Å². The molecule has 11 heteroatoms. The highest BCUT2D eigenvalue weighted by Gasteiger charge is 2.30. The zero-order valence-corrected chi connectivity index (χ0v) is 21.0. The lowest BCUT2D eigenvalue weighted by Crippen LogP contribution is -2.22. The maximum atomic E-state index is 13.4. The van der Waals surface area contributed by atoms with Gasteiger partial charge in [0, 0.05) is 16.0 Å². The zero-order chi connectivity index (χ0) is 27.0. The quantitative estimate of drug-likeness (QED) is 0.324. The molecule has 0 fully saturated rings.